The topological polar surface area (TPSA) is 49.6 Å². The number of nitriles is 1. The maximum Gasteiger partial charge on any atom is 0.134 e. The fourth-order valence-electron chi connectivity index (χ4n) is 2.02. The van der Waals surface area contributed by atoms with Crippen LogP contribution in [0.15, 0.2) is 54.2 Å². The predicted octanol–water partition coefficient (Wildman–Crippen LogP) is 4.58. The largest absolute Gasteiger partial charge is 0.264 e. The summed E-state index contributed by atoms with van der Waals surface area (Å²) in [5.74, 6) is 0. The Balaban J connectivity index is 1.94. The first-order chi connectivity index (χ1) is 10.8. The second kappa shape index (κ2) is 6.33. The standard InChI is InChI=1S/C18H13N3S/c1-13-4-6-15(7-5-13)17-12-22-18(21-17)16(10-19)9-14-3-2-8-20-11-14/h2-9,11-12H,1H3/b16-9+. The van der Waals surface area contributed by atoms with Crippen LogP contribution in [0.25, 0.3) is 22.9 Å². The molecule has 0 radical (unpaired) electrons. The molecule has 0 aliphatic carbocycles. The van der Waals surface area contributed by atoms with Crippen molar-refractivity contribution in [1.29, 1.82) is 5.26 Å². The molecule has 0 unspecified atom stereocenters. The monoisotopic (exact) mass is 303 g/mol. The summed E-state index contributed by atoms with van der Waals surface area (Å²) in [6, 6.07) is 14.2. The molecule has 0 spiro atoms. The van der Waals surface area contributed by atoms with Gasteiger partial charge in [0.05, 0.1) is 11.3 Å². The number of aromatic nitrogens is 2. The molecule has 0 aliphatic rings. The highest BCUT2D eigenvalue weighted by molar-refractivity contribution is 7.11. The van der Waals surface area contributed by atoms with Crippen LogP contribution in [-0.2, 0) is 0 Å². The summed E-state index contributed by atoms with van der Waals surface area (Å²) in [5, 5.41) is 12.1. The summed E-state index contributed by atoms with van der Waals surface area (Å²) in [4.78, 5) is 8.64. The molecule has 0 saturated heterocycles. The first-order valence-electron chi connectivity index (χ1n) is 6.81. The average Bonchev–Trinajstić information content (AvgIpc) is 3.04. The lowest BCUT2D eigenvalue weighted by Crippen LogP contribution is -1.83. The molecular formula is C18H13N3S. The van der Waals surface area contributed by atoms with Crippen LogP contribution in [-0.4, -0.2) is 9.97 Å². The van der Waals surface area contributed by atoms with Crippen molar-refractivity contribution in [3.63, 3.8) is 0 Å². The van der Waals surface area contributed by atoms with Crippen molar-refractivity contribution in [3.05, 3.63) is 70.3 Å². The van der Waals surface area contributed by atoms with Crippen molar-refractivity contribution in [3.8, 4) is 17.3 Å². The summed E-state index contributed by atoms with van der Waals surface area (Å²) in [6.45, 7) is 2.06. The van der Waals surface area contributed by atoms with Crippen LogP contribution in [0.5, 0.6) is 0 Å². The Morgan fingerprint density at radius 2 is 2.05 bits per heavy atom. The van der Waals surface area contributed by atoms with Crippen molar-refractivity contribution in [1.82, 2.24) is 9.97 Å². The summed E-state index contributed by atoms with van der Waals surface area (Å²) in [6.07, 6.45) is 5.25. The van der Waals surface area contributed by atoms with Gasteiger partial charge in [-0.25, -0.2) is 4.98 Å². The number of pyridine rings is 1. The molecule has 0 N–H and O–H groups in total. The van der Waals surface area contributed by atoms with Crippen LogP contribution in [0.4, 0.5) is 0 Å². The zero-order chi connectivity index (χ0) is 15.4. The van der Waals surface area contributed by atoms with Gasteiger partial charge < -0.3 is 0 Å². The quantitative estimate of drug-likeness (QED) is 0.665. The van der Waals surface area contributed by atoms with Gasteiger partial charge in [-0.1, -0.05) is 35.9 Å². The van der Waals surface area contributed by atoms with Gasteiger partial charge in [0.15, 0.2) is 0 Å². The number of rotatable bonds is 3. The minimum absolute atomic E-state index is 0.552. The lowest BCUT2D eigenvalue weighted by Gasteiger charge is -1.97. The molecule has 3 nitrogen and oxygen atoms in total. The molecule has 2 aromatic heterocycles. The van der Waals surface area contributed by atoms with Crippen molar-refractivity contribution in [2.75, 3.05) is 0 Å². The Bertz CT molecular complexity index is 840. The molecule has 2 heterocycles. The van der Waals surface area contributed by atoms with E-state index in [4.69, 9.17) is 0 Å². The van der Waals surface area contributed by atoms with Crippen molar-refractivity contribution in [2.24, 2.45) is 0 Å². The molecule has 106 valence electrons. The smallest absolute Gasteiger partial charge is 0.134 e. The van der Waals surface area contributed by atoms with Gasteiger partial charge in [-0.05, 0) is 24.6 Å². The van der Waals surface area contributed by atoms with E-state index in [1.54, 1.807) is 12.4 Å². The van der Waals surface area contributed by atoms with E-state index >= 15 is 0 Å². The molecule has 0 aliphatic heterocycles. The van der Waals surface area contributed by atoms with Crippen LogP contribution in [0.1, 0.15) is 16.1 Å². The van der Waals surface area contributed by atoms with E-state index in [0.29, 0.717) is 5.57 Å². The second-order valence-corrected chi connectivity index (χ2v) is 5.72. The Kier molecular flexibility index (Phi) is 4.08. The Morgan fingerprint density at radius 3 is 2.73 bits per heavy atom. The number of aryl methyl sites for hydroxylation is 1. The van der Waals surface area contributed by atoms with Gasteiger partial charge in [0.1, 0.15) is 11.1 Å². The summed E-state index contributed by atoms with van der Waals surface area (Å²) in [7, 11) is 0. The van der Waals surface area contributed by atoms with Gasteiger partial charge in [0.25, 0.3) is 0 Å². The summed E-state index contributed by atoms with van der Waals surface area (Å²) in [5.41, 5.74) is 4.62. The molecule has 0 bridgehead atoms. The van der Waals surface area contributed by atoms with Crippen molar-refractivity contribution < 1.29 is 0 Å². The van der Waals surface area contributed by atoms with Crippen molar-refractivity contribution >= 4 is 23.0 Å². The predicted molar refractivity (Wildman–Crippen MR) is 90.0 cm³/mol. The van der Waals surface area contributed by atoms with E-state index in [-0.39, 0.29) is 0 Å². The third-order valence-electron chi connectivity index (χ3n) is 3.20. The molecule has 22 heavy (non-hydrogen) atoms. The first-order valence-corrected chi connectivity index (χ1v) is 7.69. The number of nitrogens with zero attached hydrogens (tertiary/aromatic N) is 3. The number of allylic oxidation sites excluding steroid dienone is 1. The molecule has 0 atom stereocenters. The van der Waals surface area contributed by atoms with Gasteiger partial charge in [0.2, 0.25) is 0 Å². The highest BCUT2D eigenvalue weighted by Gasteiger charge is 2.09. The molecule has 0 amide bonds. The number of benzene rings is 1. The van der Waals surface area contributed by atoms with E-state index in [9.17, 15) is 5.26 Å². The molecule has 4 heteroatoms. The number of thiazole rings is 1. The maximum absolute atomic E-state index is 9.38. The van der Waals surface area contributed by atoms with E-state index in [0.717, 1.165) is 21.8 Å². The zero-order valence-electron chi connectivity index (χ0n) is 12.0. The van der Waals surface area contributed by atoms with E-state index < -0.39 is 0 Å². The fraction of sp³-hybridized carbons (Fsp3) is 0.0556. The number of hydrogen-bond acceptors (Lipinski definition) is 4. The van der Waals surface area contributed by atoms with Crippen LogP contribution in [0, 0.1) is 18.3 Å². The Labute approximate surface area is 133 Å². The normalized spacial score (nSPS) is 11.2. The highest BCUT2D eigenvalue weighted by atomic mass is 32.1. The SMILES string of the molecule is Cc1ccc(-c2csc(/C(C#N)=C/c3cccnc3)n2)cc1. The Hall–Kier alpha value is -2.77. The van der Waals surface area contributed by atoms with E-state index in [1.165, 1.54) is 16.9 Å². The van der Waals surface area contributed by atoms with Gasteiger partial charge >= 0.3 is 0 Å². The van der Waals surface area contributed by atoms with Crippen molar-refractivity contribution in [2.45, 2.75) is 6.92 Å². The third kappa shape index (κ3) is 3.11. The van der Waals surface area contributed by atoms with Gasteiger partial charge in [-0.2, -0.15) is 5.26 Å². The van der Waals surface area contributed by atoms with E-state index in [1.807, 2.05) is 35.7 Å². The summed E-state index contributed by atoms with van der Waals surface area (Å²) >= 11 is 1.48. The zero-order valence-corrected chi connectivity index (χ0v) is 12.8. The molecular weight excluding hydrogens is 290 g/mol. The minimum Gasteiger partial charge on any atom is -0.264 e. The highest BCUT2D eigenvalue weighted by Crippen LogP contribution is 2.27. The molecule has 1 aromatic carbocycles. The van der Waals surface area contributed by atoms with Crippen LogP contribution in [0.3, 0.4) is 0 Å². The molecule has 0 fully saturated rings. The minimum atomic E-state index is 0.552. The van der Waals surface area contributed by atoms with Crippen LogP contribution >= 0.6 is 11.3 Å². The first kappa shape index (κ1) is 14.2. The third-order valence-corrected chi connectivity index (χ3v) is 4.07. The van der Waals surface area contributed by atoms with E-state index in [2.05, 4.69) is 35.1 Å². The lowest BCUT2D eigenvalue weighted by molar-refractivity contribution is 1.32. The van der Waals surface area contributed by atoms with Gasteiger partial charge in [-0.15, -0.1) is 11.3 Å². The second-order valence-electron chi connectivity index (χ2n) is 4.86. The lowest BCUT2D eigenvalue weighted by atomic mass is 10.1. The average molecular weight is 303 g/mol. The molecule has 3 aromatic rings. The molecule has 3 rings (SSSR count). The van der Waals surface area contributed by atoms with Gasteiger partial charge in [0, 0.05) is 23.3 Å². The maximum atomic E-state index is 9.38. The van der Waals surface area contributed by atoms with Crippen LogP contribution < -0.4 is 0 Å². The summed E-state index contributed by atoms with van der Waals surface area (Å²) < 4.78 is 0. The number of hydrogen-bond donors (Lipinski definition) is 0. The molecule has 0 saturated carbocycles. The fourth-order valence-corrected chi connectivity index (χ4v) is 2.82. The van der Waals surface area contributed by atoms with Crippen LogP contribution in [0.2, 0.25) is 0 Å². The van der Waals surface area contributed by atoms with Gasteiger partial charge in [-0.3, -0.25) is 4.98 Å². The Morgan fingerprint density at radius 1 is 1.23 bits per heavy atom.